The van der Waals surface area contributed by atoms with E-state index in [1.165, 1.54) is 0 Å². The lowest BCUT2D eigenvalue weighted by Gasteiger charge is -2.34. The Morgan fingerprint density at radius 3 is 2.71 bits per heavy atom. The SMILES string of the molecule is CCCC(C)NC(=O)C1N(CCCCCCO)C(=O)[C@@H]2[C@H](C(=O)OCC)[C@@H]3CCC12S3. The van der Waals surface area contributed by atoms with Crippen molar-refractivity contribution in [1.82, 2.24) is 10.2 Å². The highest BCUT2D eigenvalue weighted by Gasteiger charge is 2.73. The molecule has 3 fully saturated rings. The van der Waals surface area contributed by atoms with Crippen molar-refractivity contribution >= 4 is 29.5 Å². The van der Waals surface area contributed by atoms with Crippen LogP contribution in [-0.4, -0.2) is 69.6 Å². The van der Waals surface area contributed by atoms with E-state index in [1.54, 1.807) is 23.6 Å². The van der Waals surface area contributed by atoms with Crippen molar-refractivity contribution < 1.29 is 24.2 Å². The molecular formula is C23H38N2O5S. The number of nitrogens with zero attached hydrogens (tertiary/aromatic N) is 1. The van der Waals surface area contributed by atoms with Crippen LogP contribution in [0.4, 0.5) is 0 Å². The van der Waals surface area contributed by atoms with Crippen molar-refractivity contribution in [3.63, 3.8) is 0 Å². The first kappa shape index (κ1) is 24.4. The average Bonchev–Trinajstić information content (AvgIpc) is 3.35. The number of aliphatic hydroxyl groups excluding tert-OH is 1. The number of esters is 1. The van der Waals surface area contributed by atoms with Crippen LogP contribution in [-0.2, 0) is 19.1 Å². The molecule has 3 aliphatic rings. The number of rotatable bonds is 12. The standard InChI is InChI=1S/C23H38N2O5S/c1-4-10-15(3)24-20(27)19-23-12-11-16(31-23)17(22(29)30-5-2)18(23)21(28)25(19)13-8-6-7-9-14-26/h15-19,26H,4-14H2,1-3H3,(H,24,27)/t15?,16-,17+,18-,19?,23?/m0/s1. The summed E-state index contributed by atoms with van der Waals surface area (Å²) < 4.78 is 4.81. The maximum absolute atomic E-state index is 13.6. The highest BCUT2D eigenvalue weighted by Crippen LogP contribution is 2.66. The zero-order valence-corrected chi connectivity index (χ0v) is 19.9. The summed E-state index contributed by atoms with van der Waals surface area (Å²) in [7, 11) is 0. The predicted molar refractivity (Wildman–Crippen MR) is 121 cm³/mol. The fourth-order valence-electron chi connectivity index (χ4n) is 5.77. The third-order valence-corrected chi connectivity index (χ3v) is 8.98. The van der Waals surface area contributed by atoms with Gasteiger partial charge < -0.3 is 20.1 Å². The molecule has 0 aromatic rings. The van der Waals surface area contributed by atoms with Crippen molar-refractivity contribution in [2.45, 2.75) is 94.2 Å². The number of aliphatic hydroxyl groups is 1. The van der Waals surface area contributed by atoms with Gasteiger partial charge in [-0.3, -0.25) is 14.4 Å². The van der Waals surface area contributed by atoms with Gasteiger partial charge in [-0.1, -0.05) is 26.2 Å². The van der Waals surface area contributed by atoms with E-state index in [9.17, 15) is 14.4 Å². The van der Waals surface area contributed by atoms with E-state index in [0.29, 0.717) is 13.2 Å². The van der Waals surface area contributed by atoms with Gasteiger partial charge in [-0.25, -0.2) is 0 Å². The van der Waals surface area contributed by atoms with Crippen LogP contribution in [0.5, 0.6) is 0 Å². The van der Waals surface area contributed by atoms with Gasteiger partial charge in [0.05, 0.1) is 23.2 Å². The number of carbonyl (C=O) groups is 3. The molecule has 1 spiro atoms. The fraction of sp³-hybridized carbons (Fsp3) is 0.870. The molecule has 2 bridgehead atoms. The van der Waals surface area contributed by atoms with Crippen molar-refractivity contribution in [1.29, 1.82) is 0 Å². The number of hydrogen-bond acceptors (Lipinski definition) is 6. The zero-order chi connectivity index (χ0) is 22.6. The highest BCUT2D eigenvalue weighted by atomic mass is 32.2. The fourth-order valence-corrected chi connectivity index (χ4v) is 7.98. The smallest absolute Gasteiger partial charge is 0.310 e. The Balaban J connectivity index is 1.84. The third kappa shape index (κ3) is 4.61. The first-order valence-corrected chi connectivity index (χ1v) is 12.8. The van der Waals surface area contributed by atoms with Gasteiger partial charge in [0.15, 0.2) is 0 Å². The van der Waals surface area contributed by atoms with Crippen molar-refractivity contribution in [3.05, 3.63) is 0 Å². The second-order valence-corrected chi connectivity index (χ2v) is 10.8. The summed E-state index contributed by atoms with van der Waals surface area (Å²) in [6.07, 6.45) is 6.86. The van der Waals surface area contributed by atoms with E-state index >= 15 is 0 Å². The van der Waals surface area contributed by atoms with Crippen LogP contribution < -0.4 is 5.32 Å². The second-order valence-electron chi connectivity index (χ2n) is 9.18. The average molecular weight is 455 g/mol. The van der Waals surface area contributed by atoms with E-state index in [1.807, 2.05) is 6.92 Å². The molecule has 31 heavy (non-hydrogen) atoms. The number of nitrogens with one attached hydrogen (secondary N) is 1. The maximum Gasteiger partial charge on any atom is 0.310 e. The minimum atomic E-state index is -0.531. The number of carbonyl (C=O) groups excluding carboxylic acids is 3. The van der Waals surface area contributed by atoms with Crippen LogP contribution in [0.3, 0.4) is 0 Å². The minimum absolute atomic E-state index is 0.0545. The van der Waals surface area contributed by atoms with Crippen LogP contribution >= 0.6 is 11.8 Å². The van der Waals surface area contributed by atoms with Gasteiger partial charge in [-0.15, -0.1) is 11.8 Å². The molecular weight excluding hydrogens is 416 g/mol. The molecule has 3 saturated heterocycles. The van der Waals surface area contributed by atoms with E-state index in [0.717, 1.165) is 51.4 Å². The molecule has 3 heterocycles. The quantitative estimate of drug-likeness (QED) is 0.347. The van der Waals surface area contributed by atoms with Crippen LogP contribution in [0.25, 0.3) is 0 Å². The van der Waals surface area contributed by atoms with E-state index in [-0.39, 0.29) is 35.7 Å². The predicted octanol–water partition coefficient (Wildman–Crippen LogP) is 2.50. The summed E-state index contributed by atoms with van der Waals surface area (Å²) in [4.78, 5) is 41.6. The molecule has 3 rings (SSSR count). The molecule has 2 N–H and O–H groups in total. The Labute approximate surface area is 190 Å². The molecule has 0 aromatic heterocycles. The summed E-state index contributed by atoms with van der Waals surface area (Å²) in [6, 6.07) is -0.476. The van der Waals surface area contributed by atoms with Crippen molar-refractivity contribution in [2.75, 3.05) is 19.8 Å². The largest absolute Gasteiger partial charge is 0.466 e. The molecule has 2 amide bonds. The lowest BCUT2D eigenvalue weighted by atomic mass is 9.71. The van der Waals surface area contributed by atoms with Crippen molar-refractivity contribution in [3.8, 4) is 0 Å². The molecule has 0 saturated carbocycles. The second kappa shape index (κ2) is 10.6. The first-order chi connectivity index (χ1) is 14.9. The number of likely N-dealkylation sites (tertiary alicyclic amines) is 1. The summed E-state index contributed by atoms with van der Waals surface area (Å²) in [5, 5.41) is 12.2. The van der Waals surface area contributed by atoms with Crippen LogP contribution in [0, 0.1) is 11.8 Å². The monoisotopic (exact) mass is 454 g/mol. The number of amides is 2. The van der Waals surface area contributed by atoms with Gasteiger partial charge in [0.2, 0.25) is 11.8 Å². The van der Waals surface area contributed by atoms with Crippen LogP contribution in [0.1, 0.15) is 72.1 Å². The van der Waals surface area contributed by atoms with Crippen LogP contribution in [0.2, 0.25) is 0 Å². The van der Waals surface area contributed by atoms with Crippen LogP contribution in [0.15, 0.2) is 0 Å². The van der Waals surface area contributed by atoms with E-state index < -0.39 is 22.6 Å². The minimum Gasteiger partial charge on any atom is -0.466 e. The molecule has 3 unspecified atom stereocenters. The zero-order valence-electron chi connectivity index (χ0n) is 19.1. The number of hydrogen-bond donors (Lipinski definition) is 2. The van der Waals surface area contributed by atoms with E-state index in [4.69, 9.17) is 9.84 Å². The Bertz CT molecular complexity index is 674. The Hall–Kier alpha value is -1.28. The highest BCUT2D eigenvalue weighted by molar-refractivity contribution is 8.02. The summed E-state index contributed by atoms with van der Waals surface area (Å²) >= 11 is 1.69. The molecule has 8 heteroatoms. The summed E-state index contributed by atoms with van der Waals surface area (Å²) in [5.74, 6) is -1.34. The molecule has 3 aliphatic heterocycles. The number of ether oxygens (including phenoxy) is 1. The molecule has 176 valence electrons. The number of thioether (sulfide) groups is 1. The van der Waals surface area contributed by atoms with E-state index in [2.05, 4.69) is 12.2 Å². The molecule has 0 aliphatic carbocycles. The summed E-state index contributed by atoms with van der Waals surface area (Å²) in [5.41, 5.74) is 0. The summed E-state index contributed by atoms with van der Waals surface area (Å²) in [6.45, 7) is 6.87. The first-order valence-electron chi connectivity index (χ1n) is 12.0. The Morgan fingerprint density at radius 1 is 1.29 bits per heavy atom. The lowest BCUT2D eigenvalue weighted by molar-refractivity contribution is -0.153. The van der Waals surface area contributed by atoms with Gasteiger partial charge in [-0.05, 0) is 46.0 Å². The molecule has 6 atom stereocenters. The molecule has 0 radical (unpaired) electrons. The lowest BCUT2D eigenvalue weighted by Crippen LogP contribution is -2.55. The third-order valence-electron chi connectivity index (χ3n) is 7.02. The maximum atomic E-state index is 13.6. The normalized spacial score (nSPS) is 32.3. The van der Waals surface area contributed by atoms with Gasteiger partial charge >= 0.3 is 5.97 Å². The van der Waals surface area contributed by atoms with Gasteiger partial charge in [0.25, 0.3) is 0 Å². The number of unbranched alkanes of at least 4 members (excludes halogenated alkanes) is 3. The molecule has 7 nitrogen and oxygen atoms in total. The van der Waals surface area contributed by atoms with Gasteiger partial charge in [-0.2, -0.15) is 0 Å². The Kier molecular flexibility index (Phi) is 8.30. The molecule has 0 aromatic carbocycles. The number of fused-ring (bicyclic) bond motifs is 1. The topological polar surface area (TPSA) is 95.9 Å². The Morgan fingerprint density at radius 2 is 2.03 bits per heavy atom. The van der Waals surface area contributed by atoms with Gasteiger partial charge in [0, 0.05) is 24.4 Å². The van der Waals surface area contributed by atoms with Gasteiger partial charge in [0.1, 0.15) is 6.04 Å². The van der Waals surface area contributed by atoms with Crippen molar-refractivity contribution in [2.24, 2.45) is 11.8 Å².